The van der Waals surface area contributed by atoms with E-state index in [-0.39, 0.29) is 11.3 Å². The highest BCUT2D eigenvalue weighted by Gasteiger charge is 2.19. The topological polar surface area (TPSA) is 61.8 Å². The molecule has 2 aromatic carbocycles. The number of nitriles is 1. The maximum absolute atomic E-state index is 10.5. The Kier molecular flexibility index (Phi) is 3.99. The summed E-state index contributed by atoms with van der Waals surface area (Å²) in [5.74, 6) is 0.112. The molecule has 3 rings (SSSR count). The van der Waals surface area contributed by atoms with Crippen molar-refractivity contribution in [1.29, 1.82) is 5.26 Å². The third-order valence-electron chi connectivity index (χ3n) is 3.54. The number of nitrogens with zero attached hydrogens (tertiary/aromatic N) is 3. The van der Waals surface area contributed by atoms with E-state index in [0.717, 1.165) is 11.0 Å². The van der Waals surface area contributed by atoms with Gasteiger partial charge in [0.1, 0.15) is 17.4 Å². The highest BCUT2D eigenvalue weighted by Crippen LogP contribution is 2.31. The largest absolute Gasteiger partial charge is 0.506 e. The zero-order chi connectivity index (χ0) is 16.6. The fourth-order valence-electron chi connectivity index (χ4n) is 2.39. The Bertz CT molecular complexity index is 983. The number of allylic oxidation sites excluding steroid dienone is 1. The first-order chi connectivity index (χ1) is 11.0. The van der Waals surface area contributed by atoms with Gasteiger partial charge in [-0.05, 0) is 30.3 Å². The van der Waals surface area contributed by atoms with Crippen LogP contribution in [-0.4, -0.2) is 14.7 Å². The summed E-state index contributed by atoms with van der Waals surface area (Å²) in [5, 5.41) is 20.8. The molecule has 1 N–H and O–H groups in total. The summed E-state index contributed by atoms with van der Waals surface area (Å²) in [7, 11) is 1.79. The van der Waals surface area contributed by atoms with Crippen LogP contribution in [0.1, 0.15) is 11.4 Å². The van der Waals surface area contributed by atoms with Gasteiger partial charge >= 0.3 is 0 Å². The lowest BCUT2D eigenvalue weighted by Gasteiger charge is -2.07. The molecule has 0 saturated heterocycles. The molecule has 0 aliphatic rings. The van der Waals surface area contributed by atoms with Crippen molar-refractivity contribution >= 4 is 45.6 Å². The quantitative estimate of drug-likeness (QED) is 0.535. The van der Waals surface area contributed by atoms with Gasteiger partial charge < -0.3 is 9.67 Å². The Balaban J connectivity index is 2.27. The lowest BCUT2D eigenvalue weighted by Crippen LogP contribution is -1.99. The van der Waals surface area contributed by atoms with Gasteiger partial charge in [0.25, 0.3) is 0 Å². The summed E-state index contributed by atoms with van der Waals surface area (Å²) in [5.41, 5.74) is 1.93. The molecular formula is C17H11Cl2N3O. The number of hydrogen-bond donors (Lipinski definition) is 1. The number of aryl methyl sites for hydroxylation is 1. The third kappa shape index (κ3) is 2.65. The van der Waals surface area contributed by atoms with Crippen molar-refractivity contribution in [2.24, 2.45) is 7.05 Å². The number of para-hydroxylation sites is 2. The fraction of sp³-hybridized carbons (Fsp3) is 0.0588. The first-order valence-electron chi connectivity index (χ1n) is 6.73. The maximum atomic E-state index is 10.5. The van der Waals surface area contributed by atoms with Crippen LogP contribution in [0.15, 0.2) is 42.5 Å². The summed E-state index contributed by atoms with van der Waals surface area (Å²) in [4.78, 5) is 4.43. The molecular weight excluding hydrogens is 333 g/mol. The van der Waals surface area contributed by atoms with Crippen LogP contribution in [0.25, 0.3) is 22.4 Å². The number of benzene rings is 2. The van der Waals surface area contributed by atoms with E-state index in [1.165, 1.54) is 6.07 Å². The molecule has 0 unspecified atom stereocenters. The molecule has 114 valence electrons. The predicted octanol–water partition coefficient (Wildman–Crippen LogP) is 4.83. The number of imidazole rings is 1. The molecule has 0 radical (unpaired) electrons. The van der Waals surface area contributed by atoms with Gasteiger partial charge in [-0.15, -0.1) is 0 Å². The average molecular weight is 344 g/mol. The number of rotatable bonds is 2. The van der Waals surface area contributed by atoms with Crippen molar-refractivity contribution in [2.45, 2.75) is 0 Å². The lowest BCUT2D eigenvalue weighted by molar-refractivity contribution is 0.513. The molecule has 0 fully saturated rings. The SMILES string of the molecule is Cn1c(C(C#N)=C(O)c2cc(Cl)ccc2Cl)nc2ccccc21. The minimum Gasteiger partial charge on any atom is -0.506 e. The van der Waals surface area contributed by atoms with Crippen molar-refractivity contribution in [2.75, 3.05) is 0 Å². The van der Waals surface area contributed by atoms with Gasteiger partial charge in [-0.1, -0.05) is 35.3 Å². The molecule has 23 heavy (non-hydrogen) atoms. The summed E-state index contributed by atoms with van der Waals surface area (Å²) in [6, 6.07) is 14.2. The normalized spacial score (nSPS) is 12.1. The first-order valence-corrected chi connectivity index (χ1v) is 7.49. The number of aliphatic hydroxyl groups is 1. The van der Waals surface area contributed by atoms with Gasteiger partial charge in [0, 0.05) is 17.6 Å². The maximum Gasteiger partial charge on any atom is 0.155 e. The van der Waals surface area contributed by atoms with Crippen molar-refractivity contribution < 1.29 is 5.11 Å². The van der Waals surface area contributed by atoms with Crippen LogP contribution in [0, 0.1) is 11.3 Å². The minimum absolute atomic E-state index is 0.0351. The van der Waals surface area contributed by atoms with Gasteiger partial charge in [-0.2, -0.15) is 5.26 Å². The summed E-state index contributed by atoms with van der Waals surface area (Å²) < 4.78 is 1.75. The molecule has 3 aromatic rings. The van der Waals surface area contributed by atoms with Crippen LogP contribution in [-0.2, 0) is 7.05 Å². The second kappa shape index (κ2) is 5.96. The molecule has 0 amide bonds. The second-order valence-corrected chi connectivity index (χ2v) is 5.79. The minimum atomic E-state index is -0.251. The zero-order valence-electron chi connectivity index (χ0n) is 12.1. The van der Waals surface area contributed by atoms with Crippen LogP contribution in [0.4, 0.5) is 0 Å². The van der Waals surface area contributed by atoms with Gasteiger partial charge in [-0.25, -0.2) is 4.98 Å². The van der Waals surface area contributed by atoms with E-state index in [2.05, 4.69) is 4.98 Å². The molecule has 0 atom stereocenters. The van der Waals surface area contributed by atoms with Crippen LogP contribution in [0.2, 0.25) is 10.0 Å². The van der Waals surface area contributed by atoms with E-state index in [1.54, 1.807) is 23.7 Å². The Labute approximate surface area is 142 Å². The van der Waals surface area contributed by atoms with Crippen molar-refractivity contribution in [3.8, 4) is 6.07 Å². The molecule has 1 heterocycles. The van der Waals surface area contributed by atoms with E-state index in [4.69, 9.17) is 23.2 Å². The second-order valence-electron chi connectivity index (χ2n) is 4.94. The van der Waals surface area contributed by atoms with E-state index < -0.39 is 0 Å². The molecule has 0 bridgehead atoms. The van der Waals surface area contributed by atoms with Crippen LogP contribution >= 0.6 is 23.2 Å². The molecule has 6 heteroatoms. The van der Waals surface area contributed by atoms with Crippen molar-refractivity contribution in [3.63, 3.8) is 0 Å². The Hall–Kier alpha value is -2.48. The standard InChI is InChI=1S/C17H11Cl2N3O/c1-22-15-5-3-2-4-14(15)21-17(22)12(9-20)16(23)11-8-10(18)6-7-13(11)19/h2-8,23H,1H3. The molecule has 0 saturated carbocycles. The molecule has 0 aliphatic carbocycles. The number of aliphatic hydroxyl groups excluding tert-OH is 1. The number of halogens is 2. The smallest absolute Gasteiger partial charge is 0.155 e. The molecule has 0 spiro atoms. The zero-order valence-corrected chi connectivity index (χ0v) is 13.6. The first kappa shape index (κ1) is 15.4. The van der Waals surface area contributed by atoms with E-state index in [1.807, 2.05) is 30.3 Å². The Morgan fingerprint density at radius 2 is 1.96 bits per heavy atom. The van der Waals surface area contributed by atoms with E-state index in [9.17, 15) is 10.4 Å². The van der Waals surface area contributed by atoms with Gasteiger partial charge in [0.05, 0.1) is 16.1 Å². The monoisotopic (exact) mass is 343 g/mol. The van der Waals surface area contributed by atoms with E-state index in [0.29, 0.717) is 21.4 Å². The van der Waals surface area contributed by atoms with Gasteiger partial charge in [0.15, 0.2) is 5.82 Å². The fourth-order valence-corrected chi connectivity index (χ4v) is 2.77. The van der Waals surface area contributed by atoms with Crippen LogP contribution < -0.4 is 0 Å². The summed E-state index contributed by atoms with van der Waals surface area (Å²) in [6.45, 7) is 0. The Morgan fingerprint density at radius 3 is 2.65 bits per heavy atom. The number of aromatic nitrogens is 2. The van der Waals surface area contributed by atoms with Gasteiger partial charge in [-0.3, -0.25) is 0 Å². The lowest BCUT2D eigenvalue weighted by atomic mass is 10.1. The average Bonchev–Trinajstić information content (AvgIpc) is 2.88. The van der Waals surface area contributed by atoms with Crippen LogP contribution in [0.5, 0.6) is 0 Å². The van der Waals surface area contributed by atoms with E-state index >= 15 is 0 Å². The Morgan fingerprint density at radius 1 is 1.22 bits per heavy atom. The summed E-state index contributed by atoms with van der Waals surface area (Å²) >= 11 is 12.1. The van der Waals surface area contributed by atoms with Crippen molar-refractivity contribution in [1.82, 2.24) is 9.55 Å². The highest BCUT2D eigenvalue weighted by molar-refractivity contribution is 6.34. The number of hydrogen-bond acceptors (Lipinski definition) is 3. The van der Waals surface area contributed by atoms with Crippen LogP contribution in [0.3, 0.4) is 0 Å². The predicted molar refractivity (Wildman–Crippen MR) is 92.2 cm³/mol. The number of fused-ring (bicyclic) bond motifs is 1. The molecule has 1 aromatic heterocycles. The van der Waals surface area contributed by atoms with Crippen molar-refractivity contribution in [3.05, 3.63) is 63.9 Å². The highest BCUT2D eigenvalue weighted by atomic mass is 35.5. The molecule has 0 aliphatic heterocycles. The third-order valence-corrected chi connectivity index (χ3v) is 4.11. The van der Waals surface area contributed by atoms with Gasteiger partial charge in [0.2, 0.25) is 0 Å². The molecule has 4 nitrogen and oxygen atoms in total. The summed E-state index contributed by atoms with van der Waals surface area (Å²) in [6.07, 6.45) is 0.